The van der Waals surface area contributed by atoms with Crippen LogP contribution in [0.4, 0.5) is 0 Å². The molecule has 3 aromatic heterocycles. The van der Waals surface area contributed by atoms with Crippen LogP contribution in [0.1, 0.15) is 33.6 Å². The highest BCUT2D eigenvalue weighted by molar-refractivity contribution is 7.19. The van der Waals surface area contributed by atoms with E-state index in [9.17, 15) is 5.11 Å². The van der Waals surface area contributed by atoms with Crippen molar-refractivity contribution in [2.75, 3.05) is 19.6 Å². The van der Waals surface area contributed by atoms with Crippen molar-refractivity contribution in [1.29, 1.82) is 0 Å². The number of hydrogen-bond donors (Lipinski definition) is 3. The van der Waals surface area contributed by atoms with Gasteiger partial charge in [-0.1, -0.05) is 16.8 Å². The molecule has 3 N–H and O–H groups in total. The fraction of sp³-hybridized carbons (Fsp3) is 0.333. The maximum atomic E-state index is 10.8. The number of nitrogens with one attached hydrogen (secondary N) is 2. The second kappa shape index (κ2) is 7.25. The first-order valence-electron chi connectivity index (χ1n) is 11.1. The molecule has 1 unspecified atom stereocenters. The fourth-order valence-corrected chi connectivity index (χ4v) is 6.47. The van der Waals surface area contributed by atoms with Crippen LogP contribution in [0, 0.1) is 0 Å². The third-order valence-corrected chi connectivity index (χ3v) is 8.39. The van der Waals surface area contributed by atoms with E-state index in [0.717, 1.165) is 74.1 Å². The van der Waals surface area contributed by atoms with Crippen LogP contribution in [-0.4, -0.2) is 34.9 Å². The van der Waals surface area contributed by atoms with Crippen molar-refractivity contribution in [3.8, 4) is 16.9 Å². The molecular weight excluding hydrogens is 460 g/mol. The standard InChI is InChI=1S/C24H21ClN4O3S/c25-13-5-12-6-19(22-16-9-26-3-2-17(16)29-32-22)31-21(12)15(7-13)14-1-4-28-18-8-20(33-23(14)18)24(30)10-27-11-24/h1,4-5,7-8,19,26-27,30H,2-3,6,9-11H2. The van der Waals surface area contributed by atoms with Crippen molar-refractivity contribution in [1.82, 2.24) is 20.8 Å². The summed E-state index contributed by atoms with van der Waals surface area (Å²) in [5.74, 6) is 1.62. The Balaban J connectivity index is 1.32. The van der Waals surface area contributed by atoms with Crippen LogP contribution < -0.4 is 15.4 Å². The third-order valence-electron chi connectivity index (χ3n) is 6.82. The Kier molecular flexibility index (Phi) is 4.38. The minimum atomic E-state index is -0.820. The first-order chi connectivity index (χ1) is 16.1. The molecule has 1 saturated heterocycles. The van der Waals surface area contributed by atoms with E-state index in [1.165, 1.54) is 0 Å². The van der Waals surface area contributed by atoms with Crippen LogP contribution in [0.3, 0.4) is 0 Å². The Morgan fingerprint density at radius 2 is 2.09 bits per heavy atom. The minimum absolute atomic E-state index is 0.230. The first kappa shape index (κ1) is 19.9. The number of nitrogens with zero attached hydrogens (tertiary/aromatic N) is 2. The maximum absolute atomic E-state index is 10.8. The lowest BCUT2D eigenvalue weighted by molar-refractivity contribution is -0.0111. The lowest BCUT2D eigenvalue weighted by Crippen LogP contribution is -2.56. The molecule has 1 atom stereocenters. The van der Waals surface area contributed by atoms with E-state index in [4.69, 9.17) is 20.9 Å². The van der Waals surface area contributed by atoms with E-state index in [1.807, 2.05) is 24.3 Å². The molecule has 33 heavy (non-hydrogen) atoms. The Labute approximate surface area is 198 Å². The highest BCUT2D eigenvalue weighted by Gasteiger charge is 2.38. The molecular formula is C24H21ClN4O3S. The van der Waals surface area contributed by atoms with Gasteiger partial charge in [-0.15, -0.1) is 11.3 Å². The van der Waals surface area contributed by atoms with Gasteiger partial charge in [0.15, 0.2) is 11.9 Å². The Bertz CT molecular complexity index is 1410. The Hall–Kier alpha value is -2.49. The molecule has 3 aliphatic rings. The second-order valence-electron chi connectivity index (χ2n) is 8.97. The number of fused-ring (bicyclic) bond motifs is 3. The molecule has 0 saturated carbocycles. The molecule has 0 aliphatic carbocycles. The predicted octanol–water partition coefficient (Wildman–Crippen LogP) is 3.72. The summed E-state index contributed by atoms with van der Waals surface area (Å²) in [5.41, 5.74) is 5.18. The van der Waals surface area contributed by atoms with Gasteiger partial charge in [0.2, 0.25) is 0 Å². The summed E-state index contributed by atoms with van der Waals surface area (Å²) in [7, 11) is 0. The number of benzene rings is 1. The van der Waals surface area contributed by atoms with Gasteiger partial charge in [-0.05, 0) is 24.3 Å². The molecule has 7 rings (SSSR count). The van der Waals surface area contributed by atoms with Gasteiger partial charge >= 0.3 is 0 Å². The molecule has 1 fully saturated rings. The van der Waals surface area contributed by atoms with E-state index in [1.54, 1.807) is 17.5 Å². The van der Waals surface area contributed by atoms with Crippen LogP contribution in [0.5, 0.6) is 5.75 Å². The number of ether oxygens (including phenoxy) is 1. The largest absolute Gasteiger partial charge is 0.481 e. The highest BCUT2D eigenvalue weighted by Crippen LogP contribution is 2.48. The van der Waals surface area contributed by atoms with Crippen LogP contribution in [0.2, 0.25) is 5.02 Å². The minimum Gasteiger partial charge on any atom is -0.481 e. The van der Waals surface area contributed by atoms with Gasteiger partial charge < -0.3 is 25.0 Å². The average Bonchev–Trinajstić information content (AvgIpc) is 3.52. The molecule has 7 nitrogen and oxygen atoms in total. The van der Waals surface area contributed by atoms with E-state index >= 15 is 0 Å². The van der Waals surface area contributed by atoms with Gasteiger partial charge in [0.25, 0.3) is 0 Å². The summed E-state index contributed by atoms with van der Waals surface area (Å²) in [6, 6.07) is 7.91. The van der Waals surface area contributed by atoms with Gasteiger partial charge in [0, 0.05) is 77.4 Å². The van der Waals surface area contributed by atoms with Crippen LogP contribution >= 0.6 is 22.9 Å². The van der Waals surface area contributed by atoms with Crippen LogP contribution in [0.15, 0.2) is 35.0 Å². The zero-order valence-corrected chi connectivity index (χ0v) is 19.2. The average molecular weight is 481 g/mol. The van der Waals surface area contributed by atoms with Crippen molar-refractivity contribution in [3.63, 3.8) is 0 Å². The summed E-state index contributed by atoms with van der Waals surface area (Å²) in [6.45, 7) is 2.78. The first-order valence-corrected chi connectivity index (χ1v) is 12.3. The van der Waals surface area contributed by atoms with Gasteiger partial charge in [-0.3, -0.25) is 4.98 Å². The Morgan fingerprint density at radius 1 is 1.18 bits per heavy atom. The molecule has 4 aromatic rings. The lowest BCUT2D eigenvalue weighted by atomic mass is 9.95. The second-order valence-corrected chi connectivity index (χ2v) is 10.5. The number of halogens is 1. The number of rotatable bonds is 3. The number of β-amino-alcohol motifs (C(OH)–C–C–N with tert-alkyl or cyclic N) is 1. The smallest absolute Gasteiger partial charge is 0.182 e. The van der Waals surface area contributed by atoms with Crippen molar-refractivity contribution in [3.05, 3.63) is 62.9 Å². The van der Waals surface area contributed by atoms with Crippen LogP contribution in [0.25, 0.3) is 21.3 Å². The van der Waals surface area contributed by atoms with Crippen molar-refractivity contribution >= 4 is 33.2 Å². The van der Waals surface area contributed by atoms with E-state index < -0.39 is 5.60 Å². The summed E-state index contributed by atoms with van der Waals surface area (Å²) in [5, 5.41) is 22.3. The van der Waals surface area contributed by atoms with Crippen molar-refractivity contribution < 1.29 is 14.4 Å². The molecule has 0 bridgehead atoms. The zero-order chi connectivity index (χ0) is 22.2. The topological polar surface area (TPSA) is 92.4 Å². The number of thiophene rings is 1. The molecule has 6 heterocycles. The highest BCUT2D eigenvalue weighted by atomic mass is 35.5. The van der Waals surface area contributed by atoms with Gasteiger partial charge in [0.05, 0.1) is 15.9 Å². The van der Waals surface area contributed by atoms with Crippen molar-refractivity contribution in [2.45, 2.75) is 31.1 Å². The quantitative estimate of drug-likeness (QED) is 0.411. The molecule has 0 radical (unpaired) electrons. The molecule has 1 aromatic carbocycles. The van der Waals surface area contributed by atoms with Gasteiger partial charge in [-0.25, -0.2) is 0 Å². The van der Waals surface area contributed by atoms with Crippen LogP contribution in [-0.2, 0) is 25.0 Å². The van der Waals surface area contributed by atoms with Gasteiger partial charge in [-0.2, -0.15) is 0 Å². The third kappa shape index (κ3) is 3.05. The lowest BCUT2D eigenvalue weighted by Gasteiger charge is -2.36. The monoisotopic (exact) mass is 480 g/mol. The summed E-state index contributed by atoms with van der Waals surface area (Å²) in [6.07, 6.45) is 3.12. The summed E-state index contributed by atoms with van der Waals surface area (Å²) < 4.78 is 13.3. The predicted molar refractivity (Wildman–Crippen MR) is 126 cm³/mol. The number of aromatic nitrogens is 2. The molecule has 9 heteroatoms. The zero-order valence-electron chi connectivity index (χ0n) is 17.7. The normalized spacial score (nSPS) is 20.8. The summed E-state index contributed by atoms with van der Waals surface area (Å²) in [4.78, 5) is 5.48. The van der Waals surface area contributed by atoms with Gasteiger partial charge in [0.1, 0.15) is 11.4 Å². The number of hydrogen-bond acceptors (Lipinski definition) is 8. The van der Waals surface area contributed by atoms with Crippen molar-refractivity contribution in [2.24, 2.45) is 0 Å². The molecule has 0 spiro atoms. The molecule has 168 valence electrons. The Morgan fingerprint density at radius 3 is 2.94 bits per heavy atom. The number of pyridine rings is 1. The number of aliphatic hydroxyl groups is 1. The maximum Gasteiger partial charge on any atom is 0.182 e. The summed E-state index contributed by atoms with van der Waals surface area (Å²) >= 11 is 8.15. The van der Waals surface area contributed by atoms with E-state index in [2.05, 4.69) is 20.8 Å². The van der Waals surface area contributed by atoms with E-state index in [0.29, 0.717) is 24.5 Å². The van der Waals surface area contributed by atoms with E-state index in [-0.39, 0.29) is 6.10 Å². The molecule has 3 aliphatic heterocycles. The molecule has 0 amide bonds. The SMILES string of the molecule is OC1(c2cc3nccc(-c4cc(Cl)cc5c4OC(c4onc6c4CNCC6)C5)c3s2)CNC1. The fourth-order valence-electron chi connectivity index (χ4n) is 5.00.